The first-order valence-corrected chi connectivity index (χ1v) is 14.4. The van der Waals surface area contributed by atoms with Gasteiger partial charge in [0, 0.05) is 16.3 Å². The third-order valence-electron chi connectivity index (χ3n) is 7.94. The first-order valence-electron chi connectivity index (χ1n) is 29.4. The molecule has 1 heteroatoms. The summed E-state index contributed by atoms with van der Waals surface area (Å²) in [5.74, 6) is 0. The molecule has 0 spiro atoms. The highest BCUT2D eigenvalue weighted by atomic mass is 16.3. The predicted molar refractivity (Wildman–Crippen MR) is 208 cm³/mol. The van der Waals surface area contributed by atoms with Gasteiger partial charge in [0.25, 0.3) is 0 Å². The molecular formula is C48H30O. The van der Waals surface area contributed by atoms with E-state index >= 15 is 0 Å². The van der Waals surface area contributed by atoms with Crippen LogP contribution in [0.25, 0.3) is 98.8 Å². The van der Waals surface area contributed by atoms with Gasteiger partial charge in [0.2, 0.25) is 0 Å². The largest absolute Gasteiger partial charge is 0.455 e. The van der Waals surface area contributed by atoms with E-state index in [2.05, 4.69) is 0 Å². The molecule has 0 aliphatic heterocycles. The topological polar surface area (TPSA) is 13.1 Å². The van der Waals surface area contributed by atoms with Crippen LogP contribution in [0.5, 0.6) is 0 Å². The van der Waals surface area contributed by atoms with Crippen LogP contribution in [-0.2, 0) is 0 Å². The van der Waals surface area contributed by atoms with Gasteiger partial charge in [-0.3, -0.25) is 0 Å². The molecule has 0 N–H and O–H groups in total. The summed E-state index contributed by atoms with van der Waals surface area (Å²) in [6, 6.07) is -29.2. The third-order valence-corrected chi connectivity index (χ3v) is 7.94. The van der Waals surface area contributed by atoms with Crippen LogP contribution in [-0.4, -0.2) is 0 Å². The Morgan fingerprint density at radius 1 is 0.327 bits per heavy atom. The fourth-order valence-electron chi connectivity index (χ4n) is 5.91. The standard InChI is InChI=1S/C48H30O/c1-2-13-32(14-3-1)37-23-11-25-43-47-42(24-12-26-44(47)49-48(37)43)46-40-20-8-6-18-38(40)45(39-19-7-9-21-41(39)46)34-29-27-33(28-30-34)36-22-10-16-31-15-4-5-17-35(31)36/h1-30H/i1D,2D,3D,4D,5D,6D,7D,8D,9D,10D,11D,12D,13D,14D,15D,16D,17D,18D,19D,20D,21D,22D,23D,24D,25D,26D,27D,28D,29D,30D. The molecule has 228 valence electrons. The van der Waals surface area contributed by atoms with Crippen molar-refractivity contribution in [3.05, 3.63) is 181 Å². The average Bonchev–Trinajstić information content (AvgIpc) is 4.04. The van der Waals surface area contributed by atoms with Crippen LogP contribution < -0.4 is 0 Å². The lowest BCUT2D eigenvalue weighted by atomic mass is 9.84. The number of benzene rings is 9. The van der Waals surface area contributed by atoms with Crippen LogP contribution in [0.2, 0.25) is 0 Å². The fourth-order valence-corrected chi connectivity index (χ4v) is 5.91. The molecule has 0 atom stereocenters. The van der Waals surface area contributed by atoms with Crippen molar-refractivity contribution in [2.75, 3.05) is 0 Å². The van der Waals surface area contributed by atoms with E-state index in [0.717, 1.165) is 0 Å². The zero-order valence-corrected chi connectivity index (χ0v) is 24.4. The maximum atomic E-state index is 9.63. The van der Waals surface area contributed by atoms with Crippen molar-refractivity contribution in [1.82, 2.24) is 0 Å². The Morgan fingerprint density at radius 2 is 0.816 bits per heavy atom. The quantitative estimate of drug-likeness (QED) is 0.172. The van der Waals surface area contributed by atoms with Gasteiger partial charge < -0.3 is 4.42 Å². The van der Waals surface area contributed by atoms with Crippen molar-refractivity contribution < 1.29 is 45.5 Å². The monoisotopic (exact) mass is 652 g/mol. The van der Waals surface area contributed by atoms with Gasteiger partial charge in [-0.2, -0.15) is 0 Å². The molecule has 0 aliphatic carbocycles. The number of furan rings is 1. The van der Waals surface area contributed by atoms with Gasteiger partial charge in [-0.05, 0) is 77.3 Å². The molecule has 10 aromatic rings. The number of hydrogen-bond acceptors (Lipinski definition) is 1. The van der Waals surface area contributed by atoms with E-state index in [1.54, 1.807) is 0 Å². The third kappa shape index (κ3) is 4.33. The Balaban J connectivity index is 1.48. The number of fused-ring (bicyclic) bond motifs is 6. The molecule has 0 aliphatic rings. The molecule has 0 saturated heterocycles. The lowest BCUT2D eigenvalue weighted by Gasteiger charge is -2.18. The second-order valence-corrected chi connectivity index (χ2v) is 10.5. The molecule has 0 unspecified atom stereocenters. The summed E-state index contributed by atoms with van der Waals surface area (Å²) >= 11 is 0. The lowest BCUT2D eigenvalue weighted by molar-refractivity contribution is 0.670. The minimum atomic E-state index is -1.13. The Kier molecular flexibility index (Phi) is 2.50. The van der Waals surface area contributed by atoms with Crippen LogP contribution in [0.15, 0.2) is 186 Å². The zero-order chi connectivity index (χ0) is 58.4. The lowest BCUT2D eigenvalue weighted by Crippen LogP contribution is -1.91. The summed E-state index contributed by atoms with van der Waals surface area (Å²) in [5, 5.41) is -5.67. The molecule has 0 fully saturated rings. The maximum absolute atomic E-state index is 9.63. The average molecular weight is 653 g/mol. The first kappa shape index (κ1) is 11.1. The zero-order valence-electron chi connectivity index (χ0n) is 54.4. The molecule has 1 heterocycles. The van der Waals surface area contributed by atoms with E-state index in [9.17, 15) is 13.7 Å². The fraction of sp³-hybridized carbons (Fsp3) is 0. The summed E-state index contributed by atoms with van der Waals surface area (Å²) in [5.41, 5.74) is -7.66. The highest BCUT2D eigenvalue weighted by Gasteiger charge is 2.21. The van der Waals surface area contributed by atoms with Crippen LogP contribution in [0.1, 0.15) is 41.1 Å². The van der Waals surface area contributed by atoms with Gasteiger partial charge in [0.05, 0.1) is 41.1 Å². The van der Waals surface area contributed by atoms with Gasteiger partial charge in [0.15, 0.2) is 0 Å². The van der Waals surface area contributed by atoms with Gasteiger partial charge in [-0.25, -0.2) is 0 Å². The minimum Gasteiger partial charge on any atom is -0.455 e. The minimum absolute atomic E-state index is 0.605. The summed E-state index contributed by atoms with van der Waals surface area (Å²) in [4.78, 5) is 0. The van der Waals surface area contributed by atoms with E-state index < -0.39 is 280 Å². The highest BCUT2D eigenvalue weighted by Crippen LogP contribution is 2.48. The van der Waals surface area contributed by atoms with Gasteiger partial charge >= 0.3 is 0 Å². The summed E-state index contributed by atoms with van der Waals surface area (Å²) in [6.45, 7) is 0. The molecule has 0 amide bonds. The number of para-hydroxylation sites is 1. The predicted octanol–water partition coefficient (Wildman–Crippen LogP) is 13.7. The van der Waals surface area contributed by atoms with Crippen LogP contribution in [0, 0.1) is 0 Å². The SMILES string of the molecule is [2H]c1c([2H])c([2H])c(-c2c([2H])c([2H])c([2H])c3c2oc2c([2H])c([2H])c([2H])c(-c4c5c([2H])c([2H])c([2H])c([2H])c5c(-c5c([2H])c([2H])c(-c6c([2H])c([2H])c([2H])c7c([2H])c([2H])c([2H])c([2H])c67)c([2H])c5[2H])c5c([2H])c([2H])c([2H])c([2H])c45)c23)c([2H])c1[2H]. The maximum Gasteiger partial charge on any atom is 0.143 e. The molecule has 0 saturated carbocycles. The Hall–Kier alpha value is -6.44. The van der Waals surface area contributed by atoms with Gasteiger partial charge in [-0.1, -0.05) is 175 Å². The van der Waals surface area contributed by atoms with Crippen molar-refractivity contribution >= 4 is 54.3 Å². The van der Waals surface area contributed by atoms with Crippen molar-refractivity contribution in [2.24, 2.45) is 0 Å². The second kappa shape index (κ2) is 11.1. The van der Waals surface area contributed by atoms with E-state index in [1.807, 2.05) is 0 Å². The molecule has 1 nitrogen and oxygen atoms in total. The molecule has 0 radical (unpaired) electrons. The number of hydrogen-bond donors (Lipinski definition) is 0. The summed E-state index contributed by atoms with van der Waals surface area (Å²) in [7, 11) is 0. The highest BCUT2D eigenvalue weighted by molar-refractivity contribution is 6.26. The molecule has 1 aromatic heterocycles. The molecule has 10 rings (SSSR count). The Morgan fingerprint density at radius 3 is 1.55 bits per heavy atom. The van der Waals surface area contributed by atoms with Crippen LogP contribution in [0.3, 0.4) is 0 Å². The van der Waals surface area contributed by atoms with Gasteiger partial charge in [-0.15, -0.1) is 0 Å². The van der Waals surface area contributed by atoms with Crippen LogP contribution >= 0.6 is 0 Å². The molecule has 0 bridgehead atoms. The Bertz CT molecular complexity index is 4450. The van der Waals surface area contributed by atoms with E-state index in [4.69, 9.17) is 31.8 Å². The van der Waals surface area contributed by atoms with Gasteiger partial charge in [0.1, 0.15) is 11.2 Å². The van der Waals surface area contributed by atoms with Crippen molar-refractivity contribution in [1.29, 1.82) is 0 Å². The van der Waals surface area contributed by atoms with E-state index in [1.165, 1.54) is 0 Å². The Labute approximate surface area is 326 Å². The molecule has 49 heavy (non-hydrogen) atoms. The normalized spacial score (nSPS) is 20.2. The van der Waals surface area contributed by atoms with Crippen molar-refractivity contribution in [3.63, 3.8) is 0 Å². The van der Waals surface area contributed by atoms with Crippen molar-refractivity contribution in [3.8, 4) is 44.5 Å². The van der Waals surface area contributed by atoms with Crippen molar-refractivity contribution in [2.45, 2.75) is 0 Å². The number of rotatable bonds is 4. The van der Waals surface area contributed by atoms with E-state index in [-0.39, 0.29) is 0 Å². The smallest absolute Gasteiger partial charge is 0.143 e. The molecular weight excluding hydrogens is 593 g/mol. The molecule has 9 aromatic carbocycles. The first-order chi connectivity index (χ1) is 36.8. The van der Waals surface area contributed by atoms with E-state index in [0.29, 0.717) is 0 Å². The second-order valence-electron chi connectivity index (χ2n) is 10.5. The van der Waals surface area contributed by atoms with Crippen LogP contribution in [0.4, 0.5) is 0 Å². The summed E-state index contributed by atoms with van der Waals surface area (Å²) in [6.07, 6.45) is 0. The summed E-state index contributed by atoms with van der Waals surface area (Å²) < 4.78 is 276.